The Hall–Kier alpha value is -1.80. The number of rotatable bonds is 2. The van der Waals surface area contributed by atoms with Crippen LogP contribution in [0.2, 0.25) is 0 Å². The zero-order chi connectivity index (χ0) is 12.8. The predicted octanol–water partition coefficient (Wildman–Crippen LogP) is 2.53. The van der Waals surface area contributed by atoms with Gasteiger partial charge in [-0.2, -0.15) is 0 Å². The second-order valence-corrected chi connectivity index (χ2v) is 4.46. The number of nitro benzene ring substituents is 1. The molecule has 0 N–H and O–H groups in total. The van der Waals surface area contributed by atoms with Crippen molar-refractivity contribution in [1.82, 2.24) is 0 Å². The molecular weight excluding hydrogens is 238 g/mol. The predicted molar refractivity (Wildman–Crippen MR) is 67.9 cm³/mol. The van der Waals surface area contributed by atoms with E-state index in [9.17, 15) is 14.9 Å². The lowest BCUT2D eigenvalue weighted by Crippen LogP contribution is -1.94. The monoisotopic (exact) mass is 249 g/mol. The summed E-state index contributed by atoms with van der Waals surface area (Å²) in [7, 11) is 0. The molecule has 4 nitrogen and oxygen atoms in total. The summed E-state index contributed by atoms with van der Waals surface area (Å²) in [5, 5.41) is 10.8. The third-order valence-electron chi connectivity index (χ3n) is 2.01. The maximum absolute atomic E-state index is 10.8. The molecule has 0 bridgehead atoms. The topological polar surface area (TPSA) is 60.2 Å². The summed E-state index contributed by atoms with van der Waals surface area (Å²) >= 11 is 1.09. The molecule has 17 heavy (non-hydrogen) atoms. The molecule has 0 aliphatic heterocycles. The van der Waals surface area contributed by atoms with Crippen molar-refractivity contribution >= 4 is 22.6 Å². The van der Waals surface area contributed by atoms with Crippen LogP contribution in [0.5, 0.6) is 0 Å². The van der Waals surface area contributed by atoms with Crippen molar-refractivity contribution in [2.24, 2.45) is 0 Å². The molecule has 0 aliphatic carbocycles. The average molecular weight is 249 g/mol. The van der Waals surface area contributed by atoms with Gasteiger partial charge in [-0.1, -0.05) is 35.7 Å². The molecule has 0 radical (unpaired) electrons. The van der Waals surface area contributed by atoms with Gasteiger partial charge >= 0.3 is 0 Å². The van der Waals surface area contributed by atoms with E-state index in [1.807, 2.05) is 0 Å². The van der Waals surface area contributed by atoms with Gasteiger partial charge in [-0.25, -0.2) is 0 Å². The molecule has 5 heteroatoms. The van der Waals surface area contributed by atoms with Crippen molar-refractivity contribution in [3.63, 3.8) is 0 Å². The number of benzene rings is 1. The molecule has 1 aromatic rings. The first kappa shape index (κ1) is 13.3. The first-order chi connectivity index (χ1) is 8.02. The van der Waals surface area contributed by atoms with E-state index in [1.54, 1.807) is 19.1 Å². The molecule has 0 aromatic heterocycles. The number of aryl methyl sites for hydroxylation is 1. The summed E-state index contributed by atoms with van der Waals surface area (Å²) in [6.45, 7) is 3.23. The van der Waals surface area contributed by atoms with E-state index in [0.717, 1.165) is 17.3 Å². The Balaban J connectivity index is 2.96. The molecule has 0 spiro atoms. The van der Waals surface area contributed by atoms with Crippen LogP contribution in [-0.4, -0.2) is 15.8 Å². The number of thioether (sulfide) groups is 1. The Bertz CT molecular complexity index is 514. The summed E-state index contributed by atoms with van der Waals surface area (Å²) in [5.74, 6) is 5.86. The Morgan fingerprint density at radius 1 is 1.53 bits per heavy atom. The number of nitrogens with zero attached hydrogens (tertiary/aromatic N) is 1. The molecule has 0 fully saturated rings. The van der Waals surface area contributed by atoms with Gasteiger partial charge in [-0.05, 0) is 12.5 Å². The summed E-state index contributed by atoms with van der Waals surface area (Å²) in [6.07, 6.45) is 0. The van der Waals surface area contributed by atoms with Crippen LogP contribution in [0.1, 0.15) is 18.1 Å². The first-order valence-corrected chi connectivity index (χ1v) is 5.87. The highest BCUT2D eigenvalue weighted by Crippen LogP contribution is 2.20. The largest absolute Gasteiger partial charge is 0.288 e. The summed E-state index contributed by atoms with van der Waals surface area (Å²) < 4.78 is 0. The van der Waals surface area contributed by atoms with Gasteiger partial charge in [0.2, 0.25) is 0 Å². The van der Waals surface area contributed by atoms with Crippen LogP contribution in [0.25, 0.3) is 0 Å². The van der Waals surface area contributed by atoms with Crippen molar-refractivity contribution in [3.05, 3.63) is 39.4 Å². The second-order valence-electron chi connectivity index (χ2n) is 3.31. The maximum atomic E-state index is 10.8. The van der Waals surface area contributed by atoms with Gasteiger partial charge in [0.25, 0.3) is 5.69 Å². The van der Waals surface area contributed by atoms with E-state index in [-0.39, 0.29) is 10.8 Å². The van der Waals surface area contributed by atoms with E-state index < -0.39 is 4.92 Å². The van der Waals surface area contributed by atoms with Crippen LogP contribution in [0, 0.1) is 28.9 Å². The SMILES string of the molecule is CC(=O)SCC#Cc1c(C)cccc1[N+](=O)[O-]. The van der Waals surface area contributed by atoms with Crippen LogP contribution in [0.15, 0.2) is 18.2 Å². The van der Waals surface area contributed by atoms with E-state index in [1.165, 1.54) is 13.0 Å². The third-order valence-corrected chi connectivity index (χ3v) is 2.70. The number of nitro groups is 1. The maximum Gasteiger partial charge on any atom is 0.285 e. The van der Waals surface area contributed by atoms with E-state index in [2.05, 4.69) is 11.8 Å². The molecular formula is C12H11NO3S. The Kier molecular flexibility index (Phi) is 4.73. The summed E-state index contributed by atoms with van der Waals surface area (Å²) in [4.78, 5) is 21.0. The van der Waals surface area contributed by atoms with Crippen molar-refractivity contribution in [2.75, 3.05) is 5.75 Å². The Morgan fingerprint density at radius 2 is 2.24 bits per heavy atom. The van der Waals surface area contributed by atoms with Gasteiger partial charge in [0.1, 0.15) is 5.56 Å². The standard InChI is InChI=1S/C12H11NO3S/c1-9-5-3-7-12(13(15)16)11(9)6-4-8-17-10(2)14/h3,5,7H,8H2,1-2H3. The fraction of sp³-hybridized carbons (Fsp3) is 0.250. The van der Waals surface area contributed by atoms with E-state index in [0.29, 0.717) is 11.3 Å². The summed E-state index contributed by atoms with van der Waals surface area (Å²) in [5.41, 5.74) is 1.19. The van der Waals surface area contributed by atoms with Gasteiger partial charge in [0.05, 0.1) is 10.7 Å². The van der Waals surface area contributed by atoms with E-state index in [4.69, 9.17) is 0 Å². The lowest BCUT2D eigenvalue weighted by molar-refractivity contribution is -0.385. The highest BCUT2D eigenvalue weighted by Gasteiger charge is 2.12. The normalized spacial score (nSPS) is 9.29. The molecule has 0 unspecified atom stereocenters. The molecule has 1 aromatic carbocycles. The fourth-order valence-electron chi connectivity index (χ4n) is 1.23. The van der Waals surface area contributed by atoms with Crippen LogP contribution < -0.4 is 0 Å². The zero-order valence-corrected chi connectivity index (χ0v) is 10.3. The van der Waals surface area contributed by atoms with Crippen molar-refractivity contribution in [2.45, 2.75) is 13.8 Å². The minimum Gasteiger partial charge on any atom is -0.288 e. The zero-order valence-electron chi connectivity index (χ0n) is 9.52. The Morgan fingerprint density at radius 3 is 2.82 bits per heavy atom. The molecule has 0 saturated heterocycles. The average Bonchev–Trinajstić information content (AvgIpc) is 2.25. The lowest BCUT2D eigenvalue weighted by Gasteiger charge is -1.98. The fourth-order valence-corrected chi connectivity index (χ4v) is 1.58. The van der Waals surface area contributed by atoms with Crippen molar-refractivity contribution in [3.8, 4) is 11.8 Å². The minimum atomic E-state index is -0.449. The van der Waals surface area contributed by atoms with Gasteiger partial charge in [-0.15, -0.1) is 0 Å². The van der Waals surface area contributed by atoms with Crippen LogP contribution >= 0.6 is 11.8 Å². The Labute approximate surface area is 104 Å². The second kappa shape index (κ2) is 6.06. The quantitative estimate of drug-likeness (QED) is 0.459. The van der Waals surface area contributed by atoms with Gasteiger partial charge in [0.15, 0.2) is 5.12 Å². The van der Waals surface area contributed by atoms with Crippen molar-refractivity contribution < 1.29 is 9.72 Å². The van der Waals surface area contributed by atoms with Crippen molar-refractivity contribution in [1.29, 1.82) is 0 Å². The molecule has 0 atom stereocenters. The van der Waals surface area contributed by atoms with Gasteiger partial charge < -0.3 is 0 Å². The van der Waals surface area contributed by atoms with Crippen LogP contribution in [-0.2, 0) is 4.79 Å². The molecule has 0 aliphatic rings. The smallest absolute Gasteiger partial charge is 0.285 e. The van der Waals surface area contributed by atoms with Gasteiger partial charge in [-0.3, -0.25) is 14.9 Å². The van der Waals surface area contributed by atoms with Gasteiger partial charge in [0, 0.05) is 13.0 Å². The summed E-state index contributed by atoms with van der Waals surface area (Å²) in [6, 6.07) is 4.83. The lowest BCUT2D eigenvalue weighted by atomic mass is 10.1. The van der Waals surface area contributed by atoms with E-state index >= 15 is 0 Å². The number of hydrogen-bond acceptors (Lipinski definition) is 4. The van der Waals surface area contributed by atoms with Crippen LogP contribution in [0.3, 0.4) is 0 Å². The highest BCUT2D eigenvalue weighted by atomic mass is 32.2. The molecule has 0 amide bonds. The minimum absolute atomic E-state index is 0.00493. The number of carbonyl (C=O) groups excluding carboxylic acids is 1. The molecule has 1 rings (SSSR count). The highest BCUT2D eigenvalue weighted by molar-refractivity contribution is 8.13. The third kappa shape index (κ3) is 3.93. The first-order valence-electron chi connectivity index (χ1n) is 4.88. The number of carbonyl (C=O) groups is 1. The van der Waals surface area contributed by atoms with Crippen LogP contribution in [0.4, 0.5) is 5.69 Å². The molecule has 0 heterocycles. The molecule has 0 saturated carbocycles. The number of hydrogen-bond donors (Lipinski definition) is 0. The molecule has 88 valence electrons.